The van der Waals surface area contributed by atoms with Gasteiger partial charge in [0.15, 0.2) is 4.87 Å². The zero-order chi connectivity index (χ0) is 25.1. The standard InChI is InChI=1S/C21H19Cl2F3N4O3S/c1-27-34(32,33)16-8-7-14(28-12-16)11-29-19(31)30-15-9-17(22)18(13-5-3-2-4-6-13)20(23,10-15)21(24,25)26/h2-9,12,27H,10-11H2,1H3,(H2,29,30,31). The second-order valence-corrected chi connectivity index (χ2v) is 10.2. The molecule has 7 nitrogen and oxygen atoms in total. The van der Waals surface area contributed by atoms with Gasteiger partial charge in [-0.05, 0) is 30.8 Å². The molecule has 2 amide bonds. The highest BCUT2D eigenvalue weighted by atomic mass is 35.5. The highest BCUT2D eigenvalue weighted by Gasteiger charge is 2.58. The molecule has 34 heavy (non-hydrogen) atoms. The molecular weight excluding hydrogens is 516 g/mol. The second kappa shape index (κ2) is 9.95. The van der Waals surface area contributed by atoms with Gasteiger partial charge in [-0.25, -0.2) is 17.9 Å². The number of allylic oxidation sites excluding steroid dienone is 4. The van der Waals surface area contributed by atoms with Gasteiger partial charge >= 0.3 is 12.2 Å². The van der Waals surface area contributed by atoms with E-state index in [1.807, 2.05) is 0 Å². The summed E-state index contributed by atoms with van der Waals surface area (Å²) in [5.41, 5.74) is 0.122. The molecule has 1 heterocycles. The van der Waals surface area contributed by atoms with Gasteiger partial charge < -0.3 is 10.6 Å². The number of pyridine rings is 1. The zero-order valence-corrected chi connectivity index (χ0v) is 19.9. The van der Waals surface area contributed by atoms with Gasteiger partial charge in [-0.1, -0.05) is 41.9 Å². The number of alkyl halides is 4. The van der Waals surface area contributed by atoms with Crippen LogP contribution < -0.4 is 15.4 Å². The first-order valence-corrected chi connectivity index (χ1v) is 12.0. The molecule has 1 aliphatic rings. The first-order valence-electron chi connectivity index (χ1n) is 9.72. The molecule has 0 aliphatic heterocycles. The average molecular weight is 535 g/mol. The van der Waals surface area contributed by atoms with Crippen molar-refractivity contribution in [1.82, 2.24) is 20.3 Å². The molecule has 1 atom stereocenters. The number of urea groups is 1. The molecule has 1 unspecified atom stereocenters. The van der Waals surface area contributed by atoms with Crippen LogP contribution in [0.3, 0.4) is 0 Å². The van der Waals surface area contributed by atoms with Gasteiger partial charge in [0.1, 0.15) is 4.90 Å². The van der Waals surface area contributed by atoms with Crippen LogP contribution in [0.2, 0.25) is 0 Å². The fourth-order valence-corrected chi connectivity index (χ4v) is 4.74. The number of amides is 2. The van der Waals surface area contributed by atoms with Crippen LogP contribution in [0.25, 0.3) is 5.57 Å². The topological polar surface area (TPSA) is 100 Å². The molecule has 0 bridgehead atoms. The Balaban J connectivity index is 1.75. The van der Waals surface area contributed by atoms with Crippen molar-refractivity contribution in [3.63, 3.8) is 0 Å². The van der Waals surface area contributed by atoms with Crippen LogP contribution >= 0.6 is 23.2 Å². The van der Waals surface area contributed by atoms with Crippen LogP contribution in [0.15, 0.2) is 70.4 Å². The molecule has 0 saturated carbocycles. The average Bonchev–Trinajstić information content (AvgIpc) is 2.77. The summed E-state index contributed by atoms with van der Waals surface area (Å²) < 4.78 is 67.7. The maximum Gasteiger partial charge on any atom is 0.412 e. The zero-order valence-electron chi connectivity index (χ0n) is 17.6. The molecule has 182 valence electrons. The summed E-state index contributed by atoms with van der Waals surface area (Å²) >= 11 is 12.3. The number of benzene rings is 1. The van der Waals surface area contributed by atoms with E-state index in [0.29, 0.717) is 5.69 Å². The third-order valence-corrected chi connectivity index (χ3v) is 7.20. The summed E-state index contributed by atoms with van der Waals surface area (Å²) in [6.07, 6.45) is -3.27. The number of hydrogen-bond acceptors (Lipinski definition) is 4. The van der Waals surface area contributed by atoms with Crippen molar-refractivity contribution in [2.75, 3.05) is 7.05 Å². The molecule has 3 N–H and O–H groups in total. The molecule has 13 heteroatoms. The minimum atomic E-state index is -4.86. The van der Waals surface area contributed by atoms with Crippen molar-refractivity contribution in [3.8, 4) is 0 Å². The van der Waals surface area contributed by atoms with Gasteiger partial charge in [0.25, 0.3) is 0 Å². The Bertz CT molecular complexity index is 1230. The molecule has 3 rings (SSSR count). The fraction of sp³-hybridized carbons (Fsp3) is 0.238. The number of halogens is 5. The van der Waals surface area contributed by atoms with Crippen LogP contribution in [-0.4, -0.2) is 37.5 Å². The Morgan fingerprint density at radius 2 is 1.85 bits per heavy atom. The molecule has 0 saturated heterocycles. The number of nitrogens with one attached hydrogen (secondary N) is 3. The minimum absolute atomic E-state index is 0.0585. The fourth-order valence-electron chi connectivity index (χ4n) is 3.26. The van der Waals surface area contributed by atoms with E-state index in [1.54, 1.807) is 18.2 Å². The van der Waals surface area contributed by atoms with Crippen molar-refractivity contribution in [2.45, 2.75) is 28.9 Å². The van der Waals surface area contributed by atoms with E-state index in [1.165, 1.54) is 37.4 Å². The van der Waals surface area contributed by atoms with Gasteiger partial charge in [0.05, 0.1) is 12.2 Å². The summed E-state index contributed by atoms with van der Waals surface area (Å²) in [7, 11) is -2.40. The Morgan fingerprint density at radius 1 is 1.18 bits per heavy atom. The number of aromatic nitrogens is 1. The smallest absolute Gasteiger partial charge is 0.332 e. The lowest BCUT2D eigenvalue weighted by Crippen LogP contribution is -2.46. The number of hydrogen-bond donors (Lipinski definition) is 3. The largest absolute Gasteiger partial charge is 0.412 e. The van der Waals surface area contributed by atoms with E-state index in [0.717, 1.165) is 6.20 Å². The van der Waals surface area contributed by atoms with Crippen molar-refractivity contribution < 1.29 is 26.4 Å². The van der Waals surface area contributed by atoms with E-state index in [4.69, 9.17) is 23.2 Å². The SMILES string of the molecule is CNS(=O)(=O)c1ccc(CNC(=O)NC2=CC(Cl)=C(c3ccccc3)C(Cl)(C(F)(F)F)C2)nc1. The van der Waals surface area contributed by atoms with E-state index >= 15 is 0 Å². The summed E-state index contributed by atoms with van der Waals surface area (Å²) in [4.78, 5) is 13.3. The summed E-state index contributed by atoms with van der Waals surface area (Å²) in [5, 5.41) is 4.53. The number of rotatable bonds is 6. The summed E-state index contributed by atoms with van der Waals surface area (Å²) in [6.45, 7) is -0.108. The lowest BCUT2D eigenvalue weighted by molar-refractivity contribution is -0.147. The Hall–Kier alpha value is -2.60. The van der Waals surface area contributed by atoms with Gasteiger partial charge in [-0.15, -0.1) is 11.6 Å². The third-order valence-electron chi connectivity index (χ3n) is 4.96. The molecule has 1 aliphatic carbocycles. The molecule has 1 aromatic carbocycles. The van der Waals surface area contributed by atoms with E-state index < -0.39 is 33.5 Å². The molecule has 2 aromatic rings. The van der Waals surface area contributed by atoms with E-state index in [-0.39, 0.29) is 33.3 Å². The minimum Gasteiger partial charge on any atom is -0.332 e. The predicted molar refractivity (Wildman–Crippen MR) is 122 cm³/mol. The number of carbonyl (C=O) groups excluding carboxylic acids is 1. The van der Waals surface area contributed by atoms with Crippen LogP contribution in [0, 0.1) is 0 Å². The maximum absolute atomic E-state index is 14.0. The van der Waals surface area contributed by atoms with Crippen molar-refractivity contribution in [1.29, 1.82) is 0 Å². The lowest BCUT2D eigenvalue weighted by Gasteiger charge is -2.36. The highest BCUT2D eigenvalue weighted by molar-refractivity contribution is 7.89. The Kier molecular flexibility index (Phi) is 7.61. The van der Waals surface area contributed by atoms with E-state index in [2.05, 4.69) is 20.3 Å². The van der Waals surface area contributed by atoms with E-state index in [9.17, 15) is 26.4 Å². The van der Waals surface area contributed by atoms with Crippen molar-refractivity contribution in [3.05, 3.63) is 76.7 Å². The quantitative estimate of drug-likeness (QED) is 0.482. The Morgan fingerprint density at radius 3 is 2.41 bits per heavy atom. The predicted octanol–water partition coefficient (Wildman–Crippen LogP) is 4.27. The molecule has 0 spiro atoms. The monoisotopic (exact) mass is 534 g/mol. The van der Waals surface area contributed by atoms with Crippen LogP contribution in [-0.2, 0) is 16.6 Å². The molecular formula is C21H19Cl2F3N4O3S. The molecule has 0 fully saturated rings. The normalized spacial score (nSPS) is 18.9. The van der Waals surface area contributed by atoms with Gasteiger partial charge in [0.2, 0.25) is 10.0 Å². The third kappa shape index (κ3) is 5.54. The van der Waals surface area contributed by atoms with Crippen LogP contribution in [0.5, 0.6) is 0 Å². The lowest BCUT2D eigenvalue weighted by atomic mass is 9.83. The highest BCUT2D eigenvalue weighted by Crippen LogP contribution is 2.53. The number of carbonyl (C=O) groups is 1. The first kappa shape index (κ1) is 26.0. The summed E-state index contributed by atoms with van der Waals surface area (Å²) in [6, 6.07) is 9.62. The van der Waals surface area contributed by atoms with Crippen molar-refractivity contribution >= 4 is 44.8 Å². The van der Waals surface area contributed by atoms with Gasteiger partial charge in [-0.3, -0.25) is 4.98 Å². The van der Waals surface area contributed by atoms with Crippen LogP contribution in [0.4, 0.5) is 18.0 Å². The molecule has 1 aromatic heterocycles. The second-order valence-electron chi connectivity index (χ2n) is 7.23. The summed E-state index contributed by atoms with van der Waals surface area (Å²) in [5.74, 6) is 0. The maximum atomic E-state index is 14.0. The number of nitrogens with zero attached hydrogens (tertiary/aromatic N) is 1. The first-order chi connectivity index (χ1) is 15.9. The Labute approximate surface area is 204 Å². The van der Waals surface area contributed by atoms with Crippen molar-refractivity contribution in [2.24, 2.45) is 0 Å². The number of sulfonamides is 1. The van der Waals surface area contributed by atoms with Crippen LogP contribution in [0.1, 0.15) is 17.7 Å². The van der Waals surface area contributed by atoms with Gasteiger partial charge in [-0.2, -0.15) is 13.2 Å². The molecule has 0 radical (unpaired) electrons. The van der Waals surface area contributed by atoms with Gasteiger partial charge in [0, 0.05) is 28.9 Å².